The molecule has 1 aromatic heterocycles. The lowest BCUT2D eigenvalue weighted by Gasteiger charge is -2.14. The molecular weight excluding hydrogens is 212 g/mol. The third-order valence-electron chi connectivity index (χ3n) is 3.31. The van der Waals surface area contributed by atoms with E-state index < -0.39 is 5.54 Å². The minimum Gasteiger partial charge on any atom is -0.314 e. The average molecular weight is 234 g/mol. The molecule has 0 fully saturated rings. The van der Waals surface area contributed by atoms with Crippen molar-refractivity contribution >= 4 is 0 Å². The van der Waals surface area contributed by atoms with Gasteiger partial charge in [-0.25, -0.2) is 0 Å². The summed E-state index contributed by atoms with van der Waals surface area (Å²) in [5, 5.41) is 13.3. The van der Waals surface area contributed by atoms with Gasteiger partial charge in [0, 0.05) is 12.2 Å². The van der Waals surface area contributed by atoms with Gasteiger partial charge in [-0.15, -0.1) is 0 Å². The third-order valence-corrected chi connectivity index (χ3v) is 3.31. The Bertz CT molecular complexity index is 423. The van der Waals surface area contributed by atoms with Crippen LogP contribution in [0.1, 0.15) is 43.1 Å². The van der Waals surface area contributed by atoms with Crippen LogP contribution in [0.4, 0.5) is 0 Å². The molecule has 1 rings (SSSR count). The van der Waals surface area contributed by atoms with Gasteiger partial charge in [-0.1, -0.05) is 0 Å². The Hall–Kier alpha value is -1.34. The number of nitrogens with two attached hydrogens (primary N) is 1. The Morgan fingerprint density at radius 2 is 2.00 bits per heavy atom. The predicted octanol–water partition coefficient (Wildman–Crippen LogP) is 2.22. The lowest BCUT2D eigenvalue weighted by atomic mass is 9.98. The maximum atomic E-state index is 8.80. The summed E-state index contributed by atoms with van der Waals surface area (Å²) < 4.78 is 2.05. The van der Waals surface area contributed by atoms with Crippen molar-refractivity contribution in [2.75, 3.05) is 0 Å². The minimum absolute atomic E-state index is 0.689. The van der Waals surface area contributed by atoms with E-state index in [9.17, 15) is 0 Å². The second-order valence-corrected chi connectivity index (χ2v) is 5.01. The van der Waals surface area contributed by atoms with Crippen LogP contribution in [0.3, 0.4) is 0 Å². The van der Waals surface area contributed by atoms with Crippen LogP contribution in [0, 0.1) is 32.1 Å². The van der Waals surface area contributed by atoms with E-state index in [0.717, 1.165) is 31.5 Å². The standard InChI is InChI=1S/C13H22N4/c1-10-11(2)16-17(12(10)3)8-6-5-7-13(4,15)9-14/h5-8,15H2,1-4H3. The van der Waals surface area contributed by atoms with Gasteiger partial charge in [-0.05, 0) is 52.5 Å². The molecular formula is C13H22N4. The number of aromatic nitrogens is 2. The smallest absolute Gasteiger partial charge is 0.101 e. The Morgan fingerprint density at radius 1 is 1.35 bits per heavy atom. The first kappa shape index (κ1) is 13.7. The molecule has 1 unspecified atom stereocenters. The molecule has 17 heavy (non-hydrogen) atoms. The summed E-state index contributed by atoms with van der Waals surface area (Å²) in [7, 11) is 0. The SMILES string of the molecule is Cc1nn(CCCCC(C)(N)C#N)c(C)c1C. The molecule has 4 nitrogen and oxygen atoms in total. The number of unbranched alkanes of at least 4 members (excludes halogenated alkanes) is 1. The molecule has 4 heteroatoms. The van der Waals surface area contributed by atoms with Gasteiger partial charge >= 0.3 is 0 Å². The molecule has 1 heterocycles. The monoisotopic (exact) mass is 234 g/mol. The topological polar surface area (TPSA) is 67.6 Å². The summed E-state index contributed by atoms with van der Waals surface area (Å²) in [6.07, 6.45) is 2.70. The van der Waals surface area contributed by atoms with Crippen molar-refractivity contribution in [2.45, 2.75) is 59.0 Å². The van der Waals surface area contributed by atoms with Gasteiger partial charge < -0.3 is 5.73 Å². The van der Waals surface area contributed by atoms with Gasteiger partial charge in [-0.3, -0.25) is 4.68 Å². The third kappa shape index (κ3) is 3.57. The fraction of sp³-hybridized carbons (Fsp3) is 0.692. The first-order valence-electron chi connectivity index (χ1n) is 6.08. The molecule has 0 amide bonds. The number of hydrogen-bond acceptors (Lipinski definition) is 3. The van der Waals surface area contributed by atoms with Gasteiger partial charge in [0.25, 0.3) is 0 Å². The highest BCUT2D eigenvalue weighted by Crippen LogP contribution is 2.14. The number of aryl methyl sites for hydroxylation is 2. The summed E-state index contributed by atoms with van der Waals surface area (Å²) in [6.45, 7) is 8.91. The molecule has 0 bridgehead atoms. The van der Waals surface area contributed by atoms with Crippen LogP contribution in [0.5, 0.6) is 0 Å². The largest absolute Gasteiger partial charge is 0.314 e. The minimum atomic E-state index is -0.689. The Balaban J connectivity index is 2.42. The molecule has 94 valence electrons. The van der Waals surface area contributed by atoms with Crippen molar-refractivity contribution in [3.8, 4) is 6.07 Å². The van der Waals surface area contributed by atoms with Gasteiger partial charge in [0.15, 0.2) is 0 Å². The number of nitrogens with zero attached hydrogens (tertiary/aromatic N) is 3. The van der Waals surface area contributed by atoms with Crippen molar-refractivity contribution in [1.82, 2.24) is 9.78 Å². The summed E-state index contributed by atoms with van der Waals surface area (Å²) in [4.78, 5) is 0. The Labute approximate surface area is 103 Å². The predicted molar refractivity (Wildman–Crippen MR) is 68.5 cm³/mol. The lowest BCUT2D eigenvalue weighted by molar-refractivity contribution is 0.470. The number of nitriles is 1. The molecule has 0 saturated heterocycles. The van der Waals surface area contributed by atoms with Gasteiger partial charge in [0.05, 0.1) is 11.8 Å². The second-order valence-electron chi connectivity index (χ2n) is 5.01. The summed E-state index contributed by atoms with van der Waals surface area (Å²) in [5.74, 6) is 0. The average Bonchev–Trinajstić information content (AvgIpc) is 2.52. The van der Waals surface area contributed by atoms with Crippen LogP contribution in [-0.4, -0.2) is 15.3 Å². The molecule has 1 atom stereocenters. The zero-order valence-electron chi connectivity index (χ0n) is 11.2. The molecule has 0 aliphatic rings. The maximum absolute atomic E-state index is 8.80. The van der Waals surface area contributed by atoms with Gasteiger partial charge in [-0.2, -0.15) is 10.4 Å². The van der Waals surface area contributed by atoms with Crippen LogP contribution < -0.4 is 5.73 Å². The van der Waals surface area contributed by atoms with E-state index in [1.54, 1.807) is 6.92 Å². The molecule has 2 N–H and O–H groups in total. The highest BCUT2D eigenvalue weighted by molar-refractivity contribution is 5.21. The zero-order chi connectivity index (χ0) is 13.1. The maximum Gasteiger partial charge on any atom is 0.101 e. The molecule has 0 spiro atoms. The van der Waals surface area contributed by atoms with Crippen molar-refractivity contribution in [2.24, 2.45) is 5.73 Å². The van der Waals surface area contributed by atoms with Crippen LogP contribution in [-0.2, 0) is 6.54 Å². The highest BCUT2D eigenvalue weighted by Gasteiger charge is 2.16. The molecule has 0 aromatic carbocycles. The molecule has 0 aliphatic heterocycles. The first-order valence-corrected chi connectivity index (χ1v) is 6.08. The fourth-order valence-corrected chi connectivity index (χ4v) is 1.81. The summed E-state index contributed by atoms with van der Waals surface area (Å²) in [6, 6.07) is 2.12. The van der Waals surface area contributed by atoms with Crippen LogP contribution in [0.15, 0.2) is 0 Å². The summed E-state index contributed by atoms with van der Waals surface area (Å²) >= 11 is 0. The lowest BCUT2D eigenvalue weighted by Crippen LogP contribution is -2.33. The molecule has 1 aromatic rings. The van der Waals surface area contributed by atoms with Crippen LogP contribution in [0.2, 0.25) is 0 Å². The Morgan fingerprint density at radius 3 is 2.47 bits per heavy atom. The molecule has 0 radical (unpaired) electrons. The van der Waals surface area contributed by atoms with Crippen LogP contribution in [0.25, 0.3) is 0 Å². The quantitative estimate of drug-likeness (QED) is 0.794. The van der Waals surface area contributed by atoms with E-state index in [0.29, 0.717) is 0 Å². The molecule has 0 aliphatic carbocycles. The van der Waals surface area contributed by atoms with Crippen LogP contribution >= 0.6 is 0 Å². The van der Waals surface area contributed by atoms with E-state index in [1.807, 2.05) is 11.6 Å². The second kappa shape index (κ2) is 5.33. The van der Waals surface area contributed by atoms with E-state index in [2.05, 4.69) is 25.0 Å². The van der Waals surface area contributed by atoms with Crippen molar-refractivity contribution in [1.29, 1.82) is 5.26 Å². The fourth-order valence-electron chi connectivity index (χ4n) is 1.81. The van der Waals surface area contributed by atoms with E-state index in [4.69, 9.17) is 11.0 Å². The molecule has 0 saturated carbocycles. The van der Waals surface area contributed by atoms with E-state index >= 15 is 0 Å². The number of hydrogen-bond donors (Lipinski definition) is 1. The summed E-state index contributed by atoms with van der Waals surface area (Å²) in [5.41, 5.74) is 8.68. The van der Waals surface area contributed by atoms with E-state index in [-0.39, 0.29) is 0 Å². The highest BCUT2D eigenvalue weighted by atomic mass is 15.3. The number of rotatable bonds is 5. The first-order chi connectivity index (χ1) is 7.87. The van der Waals surface area contributed by atoms with Gasteiger partial charge in [0.1, 0.15) is 5.54 Å². The van der Waals surface area contributed by atoms with Crippen molar-refractivity contribution in [3.63, 3.8) is 0 Å². The Kier molecular flexibility index (Phi) is 4.30. The van der Waals surface area contributed by atoms with Gasteiger partial charge in [0.2, 0.25) is 0 Å². The van der Waals surface area contributed by atoms with Crippen molar-refractivity contribution in [3.05, 3.63) is 17.0 Å². The van der Waals surface area contributed by atoms with Crippen molar-refractivity contribution < 1.29 is 0 Å². The van der Waals surface area contributed by atoms with E-state index in [1.165, 1.54) is 11.3 Å². The zero-order valence-corrected chi connectivity index (χ0v) is 11.2. The normalized spacial score (nSPS) is 14.4.